The van der Waals surface area contributed by atoms with E-state index in [9.17, 15) is 13.6 Å². The zero-order valence-corrected chi connectivity index (χ0v) is 15.6. The van der Waals surface area contributed by atoms with Crippen molar-refractivity contribution in [2.75, 3.05) is 0 Å². The Morgan fingerprint density at radius 1 is 1.21 bits per heavy atom. The number of pyridine rings is 1. The molecular weight excluding hydrogens is 364 g/mol. The van der Waals surface area contributed by atoms with Crippen molar-refractivity contribution in [1.82, 2.24) is 4.98 Å². The molecule has 4 rings (SSSR count). The molecule has 0 amide bonds. The van der Waals surface area contributed by atoms with Crippen molar-refractivity contribution in [3.8, 4) is 17.1 Å². The van der Waals surface area contributed by atoms with Gasteiger partial charge in [-0.15, -0.1) is 0 Å². The summed E-state index contributed by atoms with van der Waals surface area (Å²) in [7, 11) is 0. The molecule has 0 atom stereocenters. The van der Waals surface area contributed by atoms with Gasteiger partial charge in [-0.2, -0.15) is 0 Å². The van der Waals surface area contributed by atoms with Crippen LogP contribution in [0.5, 0.6) is 5.88 Å². The van der Waals surface area contributed by atoms with E-state index < -0.39 is 23.0 Å². The van der Waals surface area contributed by atoms with Crippen LogP contribution in [0.15, 0.2) is 30.3 Å². The number of benzene rings is 1. The zero-order valence-electron chi connectivity index (χ0n) is 15.6. The lowest BCUT2D eigenvalue weighted by molar-refractivity contribution is -0.137. The molecule has 0 bridgehead atoms. The fourth-order valence-corrected chi connectivity index (χ4v) is 3.88. The Hall–Kier alpha value is -2.50. The molecule has 0 spiro atoms. The summed E-state index contributed by atoms with van der Waals surface area (Å²) in [6, 6.07) is 7.89. The van der Waals surface area contributed by atoms with Gasteiger partial charge in [-0.05, 0) is 63.1 Å². The number of ether oxygens (including phenoxy) is 1. The van der Waals surface area contributed by atoms with Crippen LogP contribution in [0, 0.1) is 11.6 Å². The van der Waals surface area contributed by atoms with E-state index in [1.165, 1.54) is 12.1 Å². The molecule has 4 nitrogen and oxygen atoms in total. The second kappa shape index (κ2) is 7.49. The van der Waals surface area contributed by atoms with Crippen LogP contribution in [0.25, 0.3) is 11.3 Å². The van der Waals surface area contributed by atoms with E-state index in [1.54, 1.807) is 18.2 Å². The summed E-state index contributed by atoms with van der Waals surface area (Å²) < 4.78 is 35.5. The Morgan fingerprint density at radius 2 is 1.93 bits per heavy atom. The molecule has 2 aliphatic rings. The van der Waals surface area contributed by atoms with Crippen molar-refractivity contribution in [2.24, 2.45) is 0 Å². The number of aromatic nitrogens is 1. The van der Waals surface area contributed by atoms with E-state index in [-0.39, 0.29) is 18.1 Å². The van der Waals surface area contributed by atoms with E-state index in [4.69, 9.17) is 9.84 Å². The summed E-state index contributed by atoms with van der Waals surface area (Å²) in [6.07, 6.45) is 5.62. The van der Waals surface area contributed by atoms with Gasteiger partial charge in [0.1, 0.15) is 17.7 Å². The van der Waals surface area contributed by atoms with Crippen LogP contribution in [0.4, 0.5) is 8.78 Å². The predicted molar refractivity (Wildman–Crippen MR) is 100 cm³/mol. The summed E-state index contributed by atoms with van der Waals surface area (Å²) in [6.45, 7) is 0. The molecule has 1 N–H and O–H groups in total. The minimum atomic E-state index is -0.887. The number of carbonyl (C=O) groups is 1. The molecule has 1 heterocycles. The lowest BCUT2D eigenvalue weighted by atomic mass is 9.88. The van der Waals surface area contributed by atoms with Crippen molar-refractivity contribution < 1.29 is 23.4 Å². The van der Waals surface area contributed by atoms with Gasteiger partial charge in [-0.25, -0.2) is 13.8 Å². The molecule has 148 valence electrons. The average Bonchev–Trinajstić information content (AvgIpc) is 3.38. The molecule has 2 aliphatic carbocycles. The minimum absolute atomic E-state index is 0.0147. The maximum Gasteiger partial charge on any atom is 0.303 e. The van der Waals surface area contributed by atoms with Gasteiger partial charge in [0.05, 0.1) is 5.69 Å². The Morgan fingerprint density at radius 3 is 2.50 bits per heavy atom. The topological polar surface area (TPSA) is 59.4 Å². The number of hydrogen-bond acceptors (Lipinski definition) is 3. The molecule has 1 aromatic heterocycles. The highest BCUT2D eigenvalue weighted by Crippen LogP contribution is 2.54. The first-order chi connectivity index (χ1) is 13.5. The maximum atomic E-state index is 14.9. The predicted octanol–water partition coefficient (Wildman–Crippen LogP) is 5.24. The van der Waals surface area contributed by atoms with Crippen molar-refractivity contribution in [2.45, 2.75) is 62.9 Å². The molecule has 0 unspecified atom stereocenters. The van der Waals surface area contributed by atoms with Crippen molar-refractivity contribution in [3.05, 3.63) is 47.5 Å². The largest absolute Gasteiger partial charge is 0.481 e. The normalized spacial score (nSPS) is 17.8. The minimum Gasteiger partial charge on any atom is -0.481 e. The van der Waals surface area contributed by atoms with Crippen LogP contribution >= 0.6 is 0 Å². The van der Waals surface area contributed by atoms with E-state index in [2.05, 4.69) is 4.98 Å². The smallest absolute Gasteiger partial charge is 0.303 e. The van der Waals surface area contributed by atoms with E-state index in [0.29, 0.717) is 42.8 Å². The first-order valence-electron chi connectivity index (χ1n) is 9.82. The molecule has 0 aliphatic heterocycles. The standard InChI is InChI=1S/C22H23F2NO3/c23-16-12-14(18-6-2-7-19(25-18)28-15-4-1-5-15)13-17(24)21(16)22(10-11-22)9-3-8-20(26)27/h2,6-7,12-13,15H,1,3-5,8-11H2,(H,26,27). The molecule has 2 saturated carbocycles. The van der Waals surface area contributed by atoms with Crippen LogP contribution in [0.1, 0.15) is 56.9 Å². The van der Waals surface area contributed by atoms with Crippen LogP contribution in [-0.4, -0.2) is 22.2 Å². The first kappa shape index (κ1) is 18.8. The third-order valence-electron chi connectivity index (χ3n) is 5.83. The Labute approximate surface area is 162 Å². The number of hydrogen-bond donors (Lipinski definition) is 1. The molecule has 2 aromatic rings. The third kappa shape index (κ3) is 3.86. The fraction of sp³-hybridized carbons (Fsp3) is 0.455. The van der Waals surface area contributed by atoms with Crippen LogP contribution in [0.2, 0.25) is 0 Å². The van der Waals surface area contributed by atoms with Gasteiger partial charge < -0.3 is 9.84 Å². The van der Waals surface area contributed by atoms with Crippen molar-refractivity contribution >= 4 is 5.97 Å². The number of rotatable bonds is 8. The Bertz CT molecular complexity index is 868. The second-order valence-electron chi connectivity index (χ2n) is 7.87. The molecular formula is C22H23F2NO3. The Balaban J connectivity index is 1.56. The number of nitrogens with zero attached hydrogens (tertiary/aromatic N) is 1. The highest BCUT2D eigenvalue weighted by Gasteiger charge is 2.47. The summed E-state index contributed by atoms with van der Waals surface area (Å²) in [5.41, 5.74) is 0.365. The molecule has 2 fully saturated rings. The van der Waals surface area contributed by atoms with Gasteiger partial charge in [0, 0.05) is 29.0 Å². The van der Waals surface area contributed by atoms with Gasteiger partial charge in [-0.1, -0.05) is 6.07 Å². The number of carboxylic acids is 1. The van der Waals surface area contributed by atoms with Gasteiger partial charge in [-0.3, -0.25) is 4.79 Å². The van der Waals surface area contributed by atoms with E-state index >= 15 is 0 Å². The summed E-state index contributed by atoms with van der Waals surface area (Å²) in [5.74, 6) is -1.59. The fourth-order valence-electron chi connectivity index (χ4n) is 3.88. The summed E-state index contributed by atoms with van der Waals surface area (Å²) in [5, 5.41) is 8.80. The Kier molecular flexibility index (Phi) is 5.04. The van der Waals surface area contributed by atoms with Gasteiger partial charge in [0.2, 0.25) is 5.88 Å². The average molecular weight is 387 g/mol. The number of halogens is 2. The van der Waals surface area contributed by atoms with Crippen LogP contribution < -0.4 is 4.74 Å². The highest BCUT2D eigenvalue weighted by molar-refractivity contribution is 5.66. The van der Waals surface area contributed by atoms with Gasteiger partial charge in [0.25, 0.3) is 0 Å². The summed E-state index contributed by atoms with van der Waals surface area (Å²) in [4.78, 5) is 15.1. The van der Waals surface area contributed by atoms with Crippen LogP contribution in [-0.2, 0) is 10.2 Å². The lowest BCUT2D eigenvalue weighted by Gasteiger charge is -2.25. The van der Waals surface area contributed by atoms with Gasteiger partial charge in [0.15, 0.2) is 0 Å². The van der Waals surface area contributed by atoms with Gasteiger partial charge >= 0.3 is 5.97 Å². The first-order valence-corrected chi connectivity index (χ1v) is 9.82. The molecule has 0 radical (unpaired) electrons. The van der Waals surface area contributed by atoms with Crippen LogP contribution in [0.3, 0.4) is 0 Å². The summed E-state index contributed by atoms with van der Waals surface area (Å²) >= 11 is 0. The lowest BCUT2D eigenvalue weighted by Crippen LogP contribution is -2.24. The van der Waals surface area contributed by atoms with Crippen molar-refractivity contribution in [1.29, 1.82) is 0 Å². The SMILES string of the molecule is O=C(O)CCCC1(c2c(F)cc(-c3cccc(OC4CCC4)n3)cc2F)CC1. The number of carboxylic acid groups (broad SMARTS) is 1. The third-order valence-corrected chi connectivity index (χ3v) is 5.83. The van der Waals surface area contributed by atoms with E-state index in [0.717, 1.165) is 19.3 Å². The second-order valence-corrected chi connectivity index (χ2v) is 7.87. The maximum absolute atomic E-state index is 14.9. The quantitative estimate of drug-likeness (QED) is 0.673. The van der Waals surface area contributed by atoms with E-state index in [1.807, 2.05) is 0 Å². The highest BCUT2D eigenvalue weighted by atomic mass is 19.1. The monoisotopic (exact) mass is 387 g/mol. The molecule has 0 saturated heterocycles. The molecule has 1 aromatic carbocycles. The number of aliphatic carboxylic acids is 1. The molecule has 6 heteroatoms. The van der Waals surface area contributed by atoms with Crippen molar-refractivity contribution in [3.63, 3.8) is 0 Å². The zero-order chi connectivity index (χ0) is 19.7. The molecule has 28 heavy (non-hydrogen) atoms.